The zero-order chi connectivity index (χ0) is 9.64. The first-order valence-corrected chi connectivity index (χ1v) is 4.35. The minimum absolute atomic E-state index is 0.383. The van der Waals surface area contributed by atoms with E-state index >= 15 is 0 Å². The van der Waals surface area contributed by atoms with Gasteiger partial charge in [-0.3, -0.25) is 0 Å². The Balaban J connectivity index is 2.11. The predicted octanol–water partition coefficient (Wildman–Crippen LogP) is 0.410. The van der Waals surface area contributed by atoms with Crippen molar-refractivity contribution in [2.45, 2.75) is 44.2 Å². The van der Waals surface area contributed by atoms with Gasteiger partial charge < -0.3 is 19.3 Å². The lowest BCUT2D eigenvalue weighted by atomic mass is 10.1. The average Bonchev–Trinajstić information content (AvgIpc) is 2.47. The first-order chi connectivity index (χ1) is 6.03. The maximum Gasteiger partial charge on any atom is 0.190 e. The molecule has 0 amide bonds. The van der Waals surface area contributed by atoms with Crippen LogP contribution >= 0.6 is 0 Å². The molecule has 2 rings (SSSR count). The highest BCUT2D eigenvalue weighted by Gasteiger charge is 2.53. The van der Waals surface area contributed by atoms with Crippen molar-refractivity contribution in [3.8, 4) is 0 Å². The minimum Gasteiger partial charge on any atom is -0.387 e. The van der Waals surface area contributed by atoms with Crippen LogP contribution in [0, 0.1) is 0 Å². The van der Waals surface area contributed by atoms with Gasteiger partial charge in [0.1, 0.15) is 18.3 Å². The number of ether oxygens (including phenoxy) is 3. The Morgan fingerprint density at radius 1 is 1.38 bits per heavy atom. The summed E-state index contributed by atoms with van der Waals surface area (Å²) in [5, 5.41) is 9.69. The molecule has 13 heavy (non-hydrogen) atoms. The molecule has 0 aliphatic carbocycles. The fraction of sp³-hybridized carbons (Fsp3) is 0.778. The lowest BCUT2D eigenvalue weighted by molar-refractivity contribution is -0.209. The number of hydrogen-bond donors (Lipinski definition) is 1. The standard InChI is InChI=1S/C9H14O4/c1-4-5-6(10)7-8(11-5)13-9(2,3)12-7/h4-8,10H,1H2,2-3H3/t5-,6+,7-,8+/m1/s1. The van der Waals surface area contributed by atoms with Gasteiger partial charge in [-0.05, 0) is 13.8 Å². The van der Waals surface area contributed by atoms with Crippen molar-refractivity contribution in [3.05, 3.63) is 12.7 Å². The average molecular weight is 186 g/mol. The van der Waals surface area contributed by atoms with Gasteiger partial charge in [0.2, 0.25) is 0 Å². The molecule has 1 N–H and O–H groups in total. The third kappa shape index (κ3) is 1.40. The first-order valence-electron chi connectivity index (χ1n) is 4.35. The molecule has 2 fully saturated rings. The molecule has 0 aromatic rings. The molecule has 4 heteroatoms. The molecule has 2 aliphatic rings. The molecule has 0 bridgehead atoms. The van der Waals surface area contributed by atoms with E-state index in [1.165, 1.54) is 0 Å². The number of hydrogen-bond acceptors (Lipinski definition) is 4. The summed E-state index contributed by atoms with van der Waals surface area (Å²) in [4.78, 5) is 0. The molecule has 74 valence electrons. The van der Waals surface area contributed by atoms with E-state index in [0.29, 0.717) is 0 Å². The van der Waals surface area contributed by atoms with E-state index < -0.39 is 24.3 Å². The molecule has 0 unspecified atom stereocenters. The van der Waals surface area contributed by atoms with Crippen molar-refractivity contribution in [3.63, 3.8) is 0 Å². The third-order valence-electron chi connectivity index (χ3n) is 2.28. The predicted molar refractivity (Wildman–Crippen MR) is 44.9 cm³/mol. The highest BCUT2D eigenvalue weighted by atomic mass is 16.8. The van der Waals surface area contributed by atoms with Gasteiger partial charge in [0.25, 0.3) is 0 Å². The van der Waals surface area contributed by atoms with Crippen molar-refractivity contribution in [1.29, 1.82) is 0 Å². The summed E-state index contributed by atoms with van der Waals surface area (Å²) in [5.74, 6) is -0.664. The Kier molecular flexibility index (Phi) is 1.96. The number of aliphatic hydroxyl groups is 1. The van der Waals surface area contributed by atoms with Crippen molar-refractivity contribution in [2.24, 2.45) is 0 Å². The number of rotatable bonds is 1. The Morgan fingerprint density at radius 2 is 2.08 bits per heavy atom. The first kappa shape index (κ1) is 9.15. The fourth-order valence-electron chi connectivity index (χ4n) is 1.71. The Labute approximate surface area is 77.1 Å². The molecule has 0 aromatic heterocycles. The normalized spacial score (nSPS) is 47.6. The highest BCUT2D eigenvalue weighted by Crippen LogP contribution is 2.37. The number of fused-ring (bicyclic) bond motifs is 1. The van der Waals surface area contributed by atoms with Crippen LogP contribution < -0.4 is 0 Å². The van der Waals surface area contributed by atoms with Crippen molar-refractivity contribution >= 4 is 0 Å². The largest absolute Gasteiger partial charge is 0.387 e. The second-order valence-corrected chi connectivity index (χ2v) is 3.80. The maximum absolute atomic E-state index is 9.69. The Bertz CT molecular complexity index is 226. The molecule has 2 heterocycles. The Hall–Kier alpha value is -0.420. The van der Waals surface area contributed by atoms with E-state index in [4.69, 9.17) is 14.2 Å². The van der Waals surface area contributed by atoms with Gasteiger partial charge in [-0.15, -0.1) is 6.58 Å². The summed E-state index contributed by atoms with van der Waals surface area (Å²) in [5.41, 5.74) is 0. The van der Waals surface area contributed by atoms with E-state index in [-0.39, 0.29) is 6.10 Å². The smallest absolute Gasteiger partial charge is 0.190 e. The van der Waals surface area contributed by atoms with E-state index in [9.17, 15) is 5.11 Å². The quantitative estimate of drug-likeness (QED) is 0.602. The zero-order valence-corrected chi connectivity index (χ0v) is 7.77. The van der Waals surface area contributed by atoms with Gasteiger partial charge in [-0.25, -0.2) is 0 Å². The topological polar surface area (TPSA) is 47.9 Å². The summed E-state index contributed by atoms with van der Waals surface area (Å²) in [6, 6.07) is 0. The molecule has 0 radical (unpaired) electrons. The van der Waals surface area contributed by atoms with Gasteiger partial charge >= 0.3 is 0 Å². The van der Waals surface area contributed by atoms with Crippen molar-refractivity contribution in [2.75, 3.05) is 0 Å². The van der Waals surface area contributed by atoms with E-state index in [2.05, 4.69) is 6.58 Å². The van der Waals surface area contributed by atoms with Crippen molar-refractivity contribution in [1.82, 2.24) is 0 Å². The lowest BCUT2D eigenvalue weighted by Gasteiger charge is -2.21. The molecule has 0 aromatic carbocycles. The molecular weight excluding hydrogens is 172 g/mol. The van der Waals surface area contributed by atoms with Crippen LogP contribution in [0.2, 0.25) is 0 Å². The molecule has 0 spiro atoms. The summed E-state index contributed by atoms with van der Waals surface area (Å²) in [7, 11) is 0. The molecule has 2 saturated heterocycles. The van der Waals surface area contributed by atoms with E-state index in [1.807, 2.05) is 0 Å². The summed E-state index contributed by atoms with van der Waals surface area (Å²) < 4.78 is 16.3. The van der Waals surface area contributed by atoms with Gasteiger partial charge in [0.15, 0.2) is 12.1 Å². The molecular formula is C9H14O4. The van der Waals surface area contributed by atoms with E-state index in [0.717, 1.165) is 0 Å². The zero-order valence-electron chi connectivity index (χ0n) is 7.77. The molecule has 4 nitrogen and oxygen atoms in total. The monoisotopic (exact) mass is 186 g/mol. The molecule has 0 saturated carbocycles. The maximum atomic E-state index is 9.69. The lowest BCUT2D eigenvalue weighted by Crippen LogP contribution is -2.33. The highest BCUT2D eigenvalue weighted by molar-refractivity contribution is 4.99. The summed E-state index contributed by atoms with van der Waals surface area (Å²) >= 11 is 0. The van der Waals surface area contributed by atoms with Crippen LogP contribution in [-0.4, -0.2) is 35.5 Å². The third-order valence-corrected chi connectivity index (χ3v) is 2.28. The van der Waals surface area contributed by atoms with Gasteiger partial charge in [-0.2, -0.15) is 0 Å². The van der Waals surface area contributed by atoms with Gasteiger partial charge in [-0.1, -0.05) is 6.08 Å². The minimum atomic E-state index is -0.677. The van der Waals surface area contributed by atoms with Crippen molar-refractivity contribution < 1.29 is 19.3 Å². The van der Waals surface area contributed by atoms with Crippen LogP contribution in [0.1, 0.15) is 13.8 Å². The SMILES string of the molecule is C=C[C@H]1O[C@H]2OC(C)(C)O[C@@H]2[C@H]1O. The van der Waals surface area contributed by atoms with Crippen LogP contribution in [0.15, 0.2) is 12.7 Å². The van der Waals surface area contributed by atoms with Crippen LogP contribution in [0.3, 0.4) is 0 Å². The van der Waals surface area contributed by atoms with Crippen LogP contribution in [-0.2, 0) is 14.2 Å². The van der Waals surface area contributed by atoms with Crippen LogP contribution in [0.5, 0.6) is 0 Å². The molecule has 2 aliphatic heterocycles. The van der Waals surface area contributed by atoms with Gasteiger partial charge in [0.05, 0.1) is 0 Å². The van der Waals surface area contributed by atoms with Gasteiger partial charge in [0, 0.05) is 0 Å². The van der Waals surface area contributed by atoms with Crippen LogP contribution in [0.25, 0.3) is 0 Å². The second kappa shape index (κ2) is 2.78. The fourth-order valence-corrected chi connectivity index (χ4v) is 1.71. The Morgan fingerprint density at radius 3 is 2.62 bits per heavy atom. The molecule has 4 atom stereocenters. The summed E-state index contributed by atoms with van der Waals surface area (Å²) in [6.45, 7) is 7.15. The van der Waals surface area contributed by atoms with Crippen LogP contribution in [0.4, 0.5) is 0 Å². The summed E-state index contributed by atoms with van der Waals surface area (Å²) in [6.07, 6.45) is -0.357. The second-order valence-electron chi connectivity index (χ2n) is 3.80. The number of aliphatic hydroxyl groups excluding tert-OH is 1. The van der Waals surface area contributed by atoms with E-state index in [1.54, 1.807) is 19.9 Å².